The van der Waals surface area contributed by atoms with E-state index in [1.165, 1.54) is 37.9 Å². The van der Waals surface area contributed by atoms with Crippen molar-refractivity contribution in [3.8, 4) is 0 Å². The normalized spacial score (nSPS) is 25.2. The van der Waals surface area contributed by atoms with Gasteiger partial charge in [0, 0.05) is 12.6 Å². The van der Waals surface area contributed by atoms with Gasteiger partial charge in [-0.3, -0.25) is 4.90 Å². The first-order valence-electron chi connectivity index (χ1n) is 6.27. The molecule has 16 heavy (non-hydrogen) atoms. The molecule has 0 aliphatic carbocycles. The first-order valence-corrected chi connectivity index (χ1v) is 7.21. The standard InChI is InChI=1S/C13H22N2S/c1-11-3-2-6-15(7-4-11)13(9-14)12-5-8-16-10-12/h5,8,10-11,13H,2-4,6-7,9,14H2,1H3. The zero-order valence-corrected chi connectivity index (χ0v) is 10.9. The minimum absolute atomic E-state index is 0.441. The zero-order valence-electron chi connectivity index (χ0n) is 10.1. The third kappa shape index (κ3) is 2.84. The van der Waals surface area contributed by atoms with Crippen LogP contribution in [0.2, 0.25) is 0 Å². The maximum atomic E-state index is 5.94. The summed E-state index contributed by atoms with van der Waals surface area (Å²) in [5.41, 5.74) is 7.35. The molecule has 1 aliphatic rings. The minimum Gasteiger partial charge on any atom is -0.329 e. The van der Waals surface area contributed by atoms with E-state index in [1.807, 2.05) is 0 Å². The lowest BCUT2D eigenvalue weighted by Gasteiger charge is -2.29. The van der Waals surface area contributed by atoms with Crippen molar-refractivity contribution in [2.45, 2.75) is 32.2 Å². The molecule has 1 aliphatic heterocycles. The Hall–Kier alpha value is -0.380. The van der Waals surface area contributed by atoms with Gasteiger partial charge in [-0.2, -0.15) is 11.3 Å². The van der Waals surface area contributed by atoms with Gasteiger partial charge in [0.25, 0.3) is 0 Å². The molecule has 1 aromatic heterocycles. The SMILES string of the molecule is CC1CCCN(C(CN)c2ccsc2)CC1. The highest BCUT2D eigenvalue weighted by molar-refractivity contribution is 7.07. The first-order chi connectivity index (χ1) is 7.81. The Morgan fingerprint density at radius 2 is 2.38 bits per heavy atom. The average Bonchev–Trinajstić information content (AvgIpc) is 2.71. The molecule has 90 valence electrons. The van der Waals surface area contributed by atoms with Gasteiger partial charge in [-0.05, 0) is 60.7 Å². The van der Waals surface area contributed by atoms with E-state index in [0.29, 0.717) is 6.04 Å². The van der Waals surface area contributed by atoms with E-state index in [-0.39, 0.29) is 0 Å². The van der Waals surface area contributed by atoms with Crippen molar-refractivity contribution in [3.63, 3.8) is 0 Å². The Balaban J connectivity index is 2.03. The first kappa shape index (κ1) is 12.1. The fourth-order valence-electron chi connectivity index (χ4n) is 2.56. The second-order valence-electron chi connectivity index (χ2n) is 4.88. The number of likely N-dealkylation sites (tertiary alicyclic amines) is 1. The second-order valence-corrected chi connectivity index (χ2v) is 5.66. The van der Waals surface area contributed by atoms with Crippen LogP contribution in [-0.2, 0) is 0 Å². The predicted octanol–water partition coefficient (Wildman–Crippen LogP) is 2.87. The molecule has 2 unspecified atom stereocenters. The summed E-state index contributed by atoms with van der Waals surface area (Å²) < 4.78 is 0. The maximum Gasteiger partial charge on any atom is 0.0478 e. The Labute approximate surface area is 102 Å². The zero-order chi connectivity index (χ0) is 11.4. The molecule has 0 spiro atoms. The van der Waals surface area contributed by atoms with Crippen LogP contribution >= 0.6 is 11.3 Å². The second kappa shape index (κ2) is 5.80. The molecular weight excluding hydrogens is 216 g/mol. The highest BCUT2D eigenvalue weighted by Gasteiger charge is 2.22. The lowest BCUT2D eigenvalue weighted by Crippen LogP contribution is -2.34. The van der Waals surface area contributed by atoms with Gasteiger partial charge < -0.3 is 5.73 Å². The molecule has 0 radical (unpaired) electrons. The molecule has 0 aromatic carbocycles. The van der Waals surface area contributed by atoms with Crippen molar-refractivity contribution in [1.29, 1.82) is 0 Å². The molecule has 1 aromatic rings. The molecule has 1 fully saturated rings. The summed E-state index contributed by atoms with van der Waals surface area (Å²) in [7, 11) is 0. The Kier molecular flexibility index (Phi) is 4.38. The average molecular weight is 238 g/mol. The fraction of sp³-hybridized carbons (Fsp3) is 0.692. The van der Waals surface area contributed by atoms with Crippen molar-refractivity contribution in [1.82, 2.24) is 4.90 Å². The van der Waals surface area contributed by atoms with Crippen LogP contribution < -0.4 is 5.73 Å². The van der Waals surface area contributed by atoms with E-state index in [1.54, 1.807) is 11.3 Å². The topological polar surface area (TPSA) is 29.3 Å². The third-order valence-corrected chi connectivity index (χ3v) is 4.34. The van der Waals surface area contributed by atoms with Gasteiger partial charge in [0.2, 0.25) is 0 Å². The van der Waals surface area contributed by atoms with Gasteiger partial charge in [-0.1, -0.05) is 6.92 Å². The minimum atomic E-state index is 0.441. The Morgan fingerprint density at radius 1 is 1.50 bits per heavy atom. The molecule has 2 heterocycles. The molecule has 1 saturated heterocycles. The molecule has 2 rings (SSSR count). The summed E-state index contributed by atoms with van der Waals surface area (Å²) in [6.07, 6.45) is 4.01. The maximum absolute atomic E-state index is 5.94. The largest absolute Gasteiger partial charge is 0.329 e. The van der Waals surface area contributed by atoms with Crippen LogP contribution in [0.5, 0.6) is 0 Å². The molecule has 3 heteroatoms. The smallest absolute Gasteiger partial charge is 0.0478 e. The van der Waals surface area contributed by atoms with Crippen LogP contribution in [0.4, 0.5) is 0 Å². The summed E-state index contributed by atoms with van der Waals surface area (Å²) >= 11 is 1.77. The van der Waals surface area contributed by atoms with Gasteiger partial charge in [-0.15, -0.1) is 0 Å². The summed E-state index contributed by atoms with van der Waals surface area (Å²) in [5, 5.41) is 4.39. The lowest BCUT2D eigenvalue weighted by atomic mass is 10.0. The van der Waals surface area contributed by atoms with E-state index in [9.17, 15) is 0 Å². The number of hydrogen-bond acceptors (Lipinski definition) is 3. The van der Waals surface area contributed by atoms with Crippen molar-refractivity contribution in [3.05, 3.63) is 22.4 Å². The van der Waals surface area contributed by atoms with Crippen LogP contribution in [0.3, 0.4) is 0 Å². The van der Waals surface area contributed by atoms with Crippen molar-refractivity contribution >= 4 is 11.3 Å². The van der Waals surface area contributed by atoms with Gasteiger partial charge in [0.1, 0.15) is 0 Å². The van der Waals surface area contributed by atoms with Crippen LogP contribution in [0, 0.1) is 5.92 Å². The Morgan fingerprint density at radius 3 is 3.06 bits per heavy atom. The summed E-state index contributed by atoms with van der Waals surface area (Å²) in [6, 6.07) is 2.66. The van der Waals surface area contributed by atoms with Crippen LogP contribution in [0.15, 0.2) is 16.8 Å². The molecule has 2 N–H and O–H groups in total. The van der Waals surface area contributed by atoms with Gasteiger partial charge >= 0.3 is 0 Å². The van der Waals surface area contributed by atoms with Gasteiger partial charge in [0.05, 0.1) is 0 Å². The molecule has 0 saturated carbocycles. The number of thiophene rings is 1. The quantitative estimate of drug-likeness (QED) is 0.877. The Bertz CT molecular complexity index is 297. The van der Waals surface area contributed by atoms with E-state index < -0.39 is 0 Å². The number of rotatable bonds is 3. The number of nitrogens with zero attached hydrogens (tertiary/aromatic N) is 1. The number of hydrogen-bond donors (Lipinski definition) is 1. The molecular formula is C13H22N2S. The van der Waals surface area contributed by atoms with Gasteiger partial charge in [-0.25, -0.2) is 0 Å². The van der Waals surface area contributed by atoms with Crippen LogP contribution in [0.1, 0.15) is 37.8 Å². The number of nitrogens with two attached hydrogens (primary N) is 1. The summed E-state index contributed by atoms with van der Waals surface area (Å²) in [5.74, 6) is 0.880. The fourth-order valence-corrected chi connectivity index (χ4v) is 3.26. The molecule has 2 nitrogen and oxygen atoms in total. The van der Waals surface area contributed by atoms with E-state index in [2.05, 4.69) is 28.7 Å². The van der Waals surface area contributed by atoms with E-state index in [0.717, 1.165) is 12.5 Å². The van der Waals surface area contributed by atoms with E-state index >= 15 is 0 Å². The van der Waals surface area contributed by atoms with Crippen molar-refractivity contribution < 1.29 is 0 Å². The highest BCUT2D eigenvalue weighted by Crippen LogP contribution is 2.26. The van der Waals surface area contributed by atoms with Crippen molar-refractivity contribution in [2.24, 2.45) is 11.7 Å². The summed E-state index contributed by atoms with van der Waals surface area (Å²) in [4.78, 5) is 2.57. The van der Waals surface area contributed by atoms with Crippen molar-refractivity contribution in [2.75, 3.05) is 19.6 Å². The van der Waals surface area contributed by atoms with Crippen LogP contribution in [-0.4, -0.2) is 24.5 Å². The lowest BCUT2D eigenvalue weighted by molar-refractivity contribution is 0.208. The summed E-state index contributed by atoms with van der Waals surface area (Å²) in [6.45, 7) is 5.53. The molecule has 0 amide bonds. The highest BCUT2D eigenvalue weighted by atomic mass is 32.1. The molecule has 0 bridgehead atoms. The third-order valence-electron chi connectivity index (χ3n) is 3.64. The predicted molar refractivity (Wildman–Crippen MR) is 70.7 cm³/mol. The van der Waals surface area contributed by atoms with Gasteiger partial charge in [0.15, 0.2) is 0 Å². The molecule has 2 atom stereocenters. The van der Waals surface area contributed by atoms with Crippen LogP contribution in [0.25, 0.3) is 0 Å². The monoisotopic (exact) mass is 238 g/mol. The van der Waals surface area contributed by atoms with E-state index in [4.69, 9.17) is 5.73 Å².